The Morgan fingerprint density at radius 3 is 2.95 bits per heavy atom. The Labute approximate surface area is 114 Å². The molecule has 0 aliphatic carbocycles. The number of morpholine rings is 1. The van der Waals surface area contributed by atoms with E-state index in [1.807, 2.05) is 6.26 Å². The van der Waals surface area contributed by atoms with Crippen LogP contribution in [-0.2, 0) is 9.53 Å². The third-order valence-corrected chi connectivity index (χ3v) is 3.44. The van der Waals surface area contributed by atoms with Crippen LogP contribution in [0.4, 0.5) is 0 Å². The maximum absolute atomic E-state index is 12.2. The molecule has 1 saturated heterocycles. The predicted octanol–water partition coefficient (Wildman–Crippen LogP) is 1.32. The van der Waals surface area contributed by atoms with E-state index in [0.717, 1.165) is 0 Å². The molecule has 1 atom stereocenters. The molecule has 1 unspecified atom stereocenters. The summed E-state index contributed by atoms with van der Waals surface area (Å²) < 4.78 is 10.7. The van der Waals surface area contributed by atoms with Gasteiger partial charge in [-0.2, -0.15) is 0 Å². The van der Waals surface area contributed by atoms with E-state index in [4.69, 9.17) is 14.3 Å². The highest BCUT2D eigenvalue weighted by molar-refractivity contribution is 7.98. The lowest BCUT2D eigenvalue weighted by atomic mass is 10.2. The van der Waals surface area contributed by atoms with Gasteiger partial charge in [0.05, 0.1) is 19.1 Å². The second-order valence-corrected chi connectivity index (χ2v) is 4.98. The average Bonchev–Trinajstić information content (AvgIpc) is 2.86. The van der Waals surface area contributed by atoms with Gasteiger partial charge in [-0.05, 0) is 18.4 Å². The number of carboxylic acids is 1. The van der Waals surface area contributed by atoms with E-state index < -0.39 is 12.1 Å². The second kappa shape index (κ2) is 6.12. The van der Waals surface area contributed by atoms with E-state index in [2.05, 4.69) is 0 Å². The first-order valence-corrected chi connectivity index (χ1v) is 7.09. The smallest absolute Gasteiger partial charge is 0.306 e. The van der Waals surface area contributed by atoms with Crippen LogP contribution in [0.1, 0.15) is 17.0 Å². The molecule has 1 amide bonds. The van der Waals surface area contributed by atoms with Gasteiger partial charge in [0.1, 0.15) is 0 Å². The van der Waals surface area contributed by atoms with Gasteiger partial charge in [0.15, 0.2) is 10.9 Å². The minimum Gasteiger partial charge on any atom is -0.481 e. The molecule has 1 aliphatic rings. The van der Waals surface area contributed by atoms with Gasteiger partial charge >= 0.3 is 5.97 Å². The quantitative estimate of drug-likeness (QED) is 0.840. The topological polar surface area (TPSA) is 80.0 Å². The molecular weight excluding hydrogens is 270 g/mol. The molecule has 2 heterocycles. The molecule has 1 fully saturated rings. The lowest BCUT2D eigenvalue weighted by Crippen LogP contribution is -2.46. The van der Waals surface area contributed by atoms with Gasteiger partial charge in [-0.3, -0.25) is 9.59 Å². The summed E-state index contributed by atoms with van der Waals surface area (Å²) in [6.45, 7) is 1.07. The van der Waals surface area contributed by atoms with E-state index >= 15 is 0 Å². The van der Waals surface area contributed by atoms with Crippen molar-refractivity contribution in [3.8, 4) is 0 Å². The number of ether oxygens (including phenoxy) is 1. The maximum Gasteiger partial charge on any atom is 0.306 e. The lowest BCUT2D eigenvalue weighted by Gasteiger charge is -2.31. The summed E-state index contributed by atoms with van der Waals surface area (Å²) >= 11 is 1.42. The molecule has 0 saturated carbocycles. The fourth-order valence-corrected chi connectivity index (χ4v) is 2.30. The summed E-state index contributed by atoms with van der Waals surface area (Å²) in [7, 11) is 0. The van der Waals surface area contributed by atoms with Crippen LogP contribution in [0.5, 0.6) is 0 Å². The highest BCUT2D eigenvalue weighted by atomic mass is 32.2. The number of rotatable bonds is 4. The summed E-state index contributed by atoms with van der Waals surface area (Å²) in [5, 5.41) is 9.42. The first-order valence-electron chi connectivity index (χ1n) is 5.86. The number of furan rings is 1. The molecule has 1 N–H and O–H groups in total. The van der Waals surface area contributed by atoms with Crippen molar-refractivity contribution >= 4 is 23.6 Å². The molecule has 7 heteroatoms. The van der Waals surface area contributed by atoms with Crippen LogP contribution >= 0.6 is 11.8 Å². The van der Waals surface area contributed by atoms with E-state index in [1.54, 1.807) is 17.0 Å². The fraction of sp³-hybridized carbons (Fsp3) is 0.500. The van der Waals surface area contributed by atoms with E-state index in [0.29, 0.717) is 18.2 Å². The molecule has 104 valence electrons. The number of amides is 1. The summed E-state index contributed by atoms with van der Waals surface area (Å²) in [6, 6.07) is 3.38. The molecule has 0 spiro atoms. The fourth-order valence-electron chi connectivity index (χ4n) is 1.92. The van der Waals surface area contributed by atoms with Crippen molar-refractivity contribution in [1.82, 2.24) is 4.90 Å². The third-order valence-electron chi connectivity index (χ3n) is 2.82. The zero-order valence-electron chi connectivity index (χ0n) is 10.5. The monoisotopic (exact) mass is 285 g/mol. The van der Waals surface area contributed by atoms with Crippen LogP contribution < -0.4 is 0 Å². The van der Waals surface area contributed by atoms with Crippen LogP contribution in [0.3, 0.4) is 0 Å². The molecule has 1 aliphatic heterocycles. The number of carboxylic acid groups (broad SMARTS) is 1. The number of carbonyl (C=O) groups is 2. The van der Waals surface area contributed by atoms with Crippen molar-refractivity contribution in [2.75, 3.05) is 26.0 Å². The molecule has 6 nitrogen and oxygen atoms in total. The van der Waals surface area contributed by atoms with Crippen molar-refractivity contribution in [3.05, 3.63) is 17.9 Å². The number of nitrogens with zero attached hydrogens (tertiary/aromatic N) is 1. The molecule has 1 aromatic rings. The standard InChI is InChI=1S/C12H15NO5S/c1-19-11-3-2-9(18-11)12(16)13-4-5-17-8(7-13)6-10(14)15/h2-3,8H,4-7H2,1H3,(H,14,15). The highest BCUT2D eigenvalue weighted by Crippen LogP contribution is 2.20. The van der Waals surface area contributed by atoms with Gasteiger partial charge in [0, 0.05) is 13.1 Å². The summed E-state index contributed by atoms with van der Waals surface area (Å²) in [4.78, 5) is 24.4. The molecule has 0 radical (unpaired) electrons. The van der Waals surface area contributed by atoms with E-state index in [9.17, 15) is 9.59 Å². The molecule has 0 bridgehead atoms. The summed E-state index contributed by atoms with van der Waals surface area (Å²) in [5.74, 6) is -0.874. The first-order chi connectivity index (χ1) is 9.10. The van der Waals surface area contributed by atoms with E-state index in [1.165, 1.54) is 11.8 Å². The predicted molar refractivity (Wildman–Crippen MR) is 68.4 cm³/mol. The summed E-state index contributed by atoms with van der Waals surface area (Å²) in [6.07, 6.45) is 1.31. The lowest BCUT2D eigenvalue weighted by molar-refractivity contribution is -0.141. The van der Waals surface area contributed by atoms with Gasteiger partial charge in [-0.1, -0.05) is 11.8 Å². The Morgan fingerprint density at radius 1 is 1.53 bits per heavy atom. The number of hydrogen-bond acceptors (Lipinski definition) is 5. The van der Waals surface area contributed by atoms with Crippen LogP contribution in [0.25, 0.3) is 0 Å². The largest absolute Gasteiger partial charge is 0.481 e. The Morgan fingerprint density at radius 2 is 2.32 bits per heavy atom. The zero-order chi connectivity index (χ0) is 13.8. The maximum atomic E-state index is 12.2. The van der Waals surface area contributed by atoms with E-state index in [-0.39, 0.29) is 24.6 Å². The summed E-state index contributed by atoms with van der Waals surface area (Å²) in [5.41, 5.74) is 0. The number of aliphatic carboxylic acids is 1. The minimum atomic E-state index is -0.929. The normalized spacial score (nSPS) is 19.4. The van der Waals surface area contributed by atoms with Gasteiger partial charge < -0.3 is 19.2 Å². The SMILES string of the molecule is CSc1ccc(C(=O)N2CCOC(CC(=O)O)C2)o1. The van der Waals surface area contributed by atoms with Crippen LogP contribution in [-0.4, -0.2) is 53.9 Å². The highest BCUT2D eigenvalue weighted by Gasteiger charge is 2.28. The van der Waals surface area contributed by atoms with Gasteiger partial charge in [-0.15, -0.1) is 0 Å². The Bertz CT molecular complexity index is 472. The van der Waals surface area contributed by atoms with Crippen molar-refractivity contribution in [2.24, 2.45) is 0 Å². The number of carbonyl (C=O) groups excluding carboxylic acids is 1. The van der Waals surface area contributed by atoms with Crippen molar-refractivity contribution in [2.45, 2.75) is 17.6 Å². The van der Waals surface area contributed by atoms with Gasteiger partial charge in [0.2, 0.25) is 0 Å². The van der Waals surface area contributed by atoms with Crippen molar-refractivity contribution in [1.29, 1.82) is 0 Å². The number of thioether (sulfide) groups is 1. The molecular formula is C12H15NO5S. The Kier molecular flexibility index (Phi) is 4.49. The van der Waals surface area contributed by atoms with Crippen LogP contribution in [0.2, 0.25) is 0 Å². The molecule has 0 aromatic carbocycles. The molecule has 19 heavy (non-hydrogen) atoms. The van der Waals surface area contributed by atoms with Crippen molar-refractivity contribution in [3.63, 3.8) is 0 Å². The average molecular weight is 285 g/mol. The van der Waals surface area contributed by atoms with Gasteiger partial charge in [-0.25, -0.2) is 0 Å². The zero-order valence-corrected chi connectivity index (χ0v) is 11.3. The van der Waals surface area contributed by atoms with Crippen LogP contribution in [0.15, 0.2) is 21.6 Å². The minimum absolute atomic E-state index is 0.0992. The third kappa shape index (κ3) is 3.51. The van der Waals surface area contributed by atoms with Crippen molar-refractivity contribution < 1.29 is 23.8 Å². The molecule has 1 aromatic heterocycles. The Balaban J connectivity index is 2.00. The first kappa shape index (κ1) is 14.0. The number of hydrogen-bond donors (Lipinski definition) is 1. The molecule has 2 rings (SSSR count). The van der Waals surface area contributed by atoms with Crippen LogP contribution in [0, 0.1) is 0 Å². The Hall–Kier alpha value is -1.47. The second-order valence-electron chi connectivity index (χ2n) is 4.16. The van der Waals surface area contributed by atoms with Gasteiger partial charge in [0.25, 0.3) is 5.91 Å².